The van der Waals surface area contributed by atoms with Crippen molar-refractivity contribution in [1.29, 1.82) is 0 Å². The van der Waals surface area contributed by atoms with Gasteiger partial charge in [-0.15, -0.1) is 0 Å². The van der Waals surface area contributed by atoms with Gasteiger partial charge in [-0.05, 0) is 23.8 Å². The Kier molecular flexibility index (Phi) is 2.19. The first-order valence-electron chi connectivity index (χ1n) is 4.25. The van der Waals surface area contributed by atoms with Crippen molar-refractivity contribution in [3.8, 4) is 0 Å². The largest absolute Gasteiger partial charge is 0.376 e. The molecule has 0 saturated carbocycles. The van der Waals surface area contributed by atoms with Crippen LogP contribution >= 0.6 is 0 Å². The molecule has 3 heteroatoms. The average molecular weight is 176 g/mol. The van der Waals surface area contributed by atoms with E-state index in [1.807, 2.05) is 43.0 Å². The van der Waals surface area contributed by atoms with Gasteiger partial charge in [-0.1, -0.05) is 0 Å². The van der Waals surface area contributed by atoms with E-state index in [0.717, 1.165) is 6.54 Å². The lowest BCUT2D eigenvalue weighted by Crippen LogP contribution is -1.95. The summed E-state index contributed by atoms with van der Waals surface area (Å²) in [5.41, 5.74) is 1.20. The maximum Gasteiger partial charge on any atom is 0.119 e. The minimum atomic E-state index is 0.0473. The maximum absolute atomic E-state index is 8.83. The topological polar surface area (TPSA) is 30.1 Å². The second-order valence-corrected chi connectivity index (χ2v) is 3.03. The van der Waals surface area contributed by atoms with Crippen LogP contribution in [0.2, 0.25) is 0 Å². The third kappa shape index (κ3) is 1.81. The van der Waals surface area contributed by atoms with E-state index in [9.17, 15) is 0 Å². The molecule has 0 aliphatic heterocycles. The molecule has 0 atom stereocenters. The summed E-state index contributed by atoms with van der Waals surface area (Å²) in [6.07, 6.45) is 7.87. The van der Waals surface area contributed by atoms with Crippen molar-refractivity contribution in [3.05, 3.63) is 48.5 Å². The van der Waals surface area contributed by atoms with Gasteiger partial charge in [0.25, 0.3) is 0 Å². The Balaban J connectivity index is 2.10. The van der Waals surface area contributed by atoms with Crippen LogP contribution in [0.1, 0.15) is 5.56 Å². The lowest BCUT2D eigenvalue weighted by Gasteiger charge is -1.99. The normalized spacial score (nSPS) is 10.5. The highest BCUT2D eigenvalue weighted by Crippen LogP contribution is 2.03. The first-order chi connectivity index (χ1) is 6.38. The van der Waals surface area contributed by atoms with Gasteiger partial charge in [0, 0.05) is 31.3 Å². The van der Waals surface area contributed by atoms with E-state index < -0.39 is 0 Å². The van der Waals surface area contributed by atoms with Crippen LogP contribution in [0.25, 0.3) is 0 Å². The van der Waals surface area contributed by atoms with E-state index in [-0.39, 0.29) is 6.73 Å². The summed E-state index contributed by atoms with van der Waals surface area (Å²) in [5, 5.41) is 8.83. The summed E-state index contributed by atoms with van der Waals surface area (Å²) in [6, 6.07) is 6.02. The van der Waals surface area contributed by atoms with Crippen molar-refractivity contribution in [2.24, 2.45) is 0 Å². The first-order valence-corrected chi connectivity index (χ1v) is 4.25. The number of hydrogen-bond donors (Lipinski definition) is 1. The van der Waals surface area contributed by atoms with Crippen LogP contribution in [0.3, 0.4) is 0 Å². The van der Waals surface area contributed by atoms with Crippen molar-refractivity contribution in [1.82, 2.24) is 9.13 Å². The molecule has 68 valence electrons. The fourth-order valence-electron chi connectivity index (χ4n) is 1.36. The summed E-state index contributed by atoms with van der Waals surface area (Å²) >= 11 is 0. The molecule has 0 bridgehead atoms. The highest BCUT2D eigenvalue weighted by Gasteiger charge is 1.95. The zero-order chi connectivity index (χ0) is 9.10. The monoisotopic (exact) mass is 176 g/mol. The number of rotatable bonds is 3. The molecule has 2 aromatic heterocycles. The number of aliphatic hydroxyl groups is 1. The quantitative estimate of drug-likeness (QED) is 0.750. The second kappa shape index (κ2) is 3.49. The van der Waals surface area contributed by atoms with Crippen LogP contribution in [0.5, 0.6) is 0 Å². The Morgan fingerprint density at radius 1 is 1.08 bits per heavy atom. The molecule has 0 radical (unpaired) electrons. The molecule has 2 aromatic rings. The Morgan fingerprint density at radius 2 is 1.85 bits per heavy atom. The fourth-order valence-corrected chi connectivity index (χ4v) is 1.36. The molecule has 0 unspecified atom stereocenters. The molecule has 13 heavy (non-hydrogen) atoms. The molecular weight excluding hydrogens is 164 g/mol. The first kappa shape index (κ1) is 8.13. The number of aromatic nitrogens is 2. The fraction of sp³-hybridized carbons (Fsp3) is 0.200. The van der Waals surface area contributed by atoms with Gasteiger partial charge in [-0.25, -0.2) is 0 Å². The van der Waals surface area contributed by atoms with Gasteiger partial charge in [0.05, 0.1) is 0 Å². The third-order valence-electron chi connectivity index (χ3n) is 2.01. The highest BCUT2D eigenvalue weighted by molar-refractivity contribution is 5.11. The van der Waals surface area contributed by atoms with E-state index in [1.54, 1.807) is 4.57 Å². The molecule has 2 heterocycles. The minimum absolute atomic E-state index is 0.0473. The van der Waals surface area contributed by atoms with E-state index in [1.165, 1.54) is 5.56 Å². The van der Waals surface area contributed by atoms with Crippen LogP contribution in [0.4, 0.5) is 0 Å². The van der Waals surface area contributed by atoms with E-state index in [4.69, 9.17) is 5.11 Å². The molecule has 0 aliphatic carbocycles. The van der Waals surface area contributed by atoms with Crippen molar-refractivity contribution in [3.63, 3.8) is 0 Å². The maximum atomic E-state index is 8.83. The SMILES string of the molecule is OCn1ccc(Cn2cccc2)c1. The zero-order valence-corrected chi connectivity index (χ0v) is 7.30. The average Bonchev–Trinajstić information content (AvgIpc) is 2.76. The number of aliphatic hydroxyl groups excluding tert-OH is 1. The van der Waals surface area contributed by atoms with Crippen LogP contribution in [0, 0.1) is 0 Å². The van der Waals surface area contributed by atoms with Crippen LogP contribution < -0.4 is 0 Å². The third-order valence-corrected chi connectivity index (χ3v) is 2.01. The standard InChI is InChI=1S/C10H12N2O/c13-9-12-6-3-10(8-12)7-11-4-1-2-5-11/h1-6,8,13H,7,9H2. The van der Waals surface area contributed by atoms with Crippen LogP contribution in [-0.4, -0.2) is 14.2 Å². The van der Waals surface area contributed by atoms with E-state index in [0.29, 0.717) is 0 Å². The summed E-state index contributed by atoms with van der Waals surface area (Å²) in [6.45, 7) is 0.908. The summed E-state index contributed by atoms with van der Waals surface area (Å²) in [7, 11) is 0. The Bertz CT molecular complexity index is 362. The van der Waals surface area contributed by atoms with Gasteiger partial charge in [0.2, 0.25) is 0 Å². The predicted octanol–water partition coefficient (Wildman–Crippen LogP) is 1.29. The van der Waals surface area contributed by atoms with Gasteiger partial charge < -0.3 is 14.2 Å². The van der Waals surface area contributed by atoms with Gasteiger partial charge in [-0.2, -0.15) is 0 Å². The van der Waals surface area contributed by atoms with Gasteiger partial charge in [-0.3, -0.25) is 0 Å². The molecular formula is C10H12N2O. The highest BCUT2D eigenvalue weighted by atomic mass is 16.3. The van der Waals surface area contributed by atoms with Crippen molar-refractivity contribution in [2.45, 2.75) is 13.3 Å². The zero-order valence-electron chi connectivity index (χ0n) is 7.30. The lowest BCUT2D eigenvalue weighted by molar-refractivity contribution is 0.210. The number of hydrogen-bond acceptors (Lipinski definition) is 1. The van der Waals surface area contributed by atoms with Gasteiger partial charge in [0.1, 0.15) is 6.73 Å². The lowest BCUT2D eigenvalue weighted by atomic mass is 10.3. The van der Waals surface area contributed by atoms with Crippen LogP contribution in [-0.2, 0) is 13.3 Å². The molecule has 0 aliphatic rings. The van der Waals surface area contributed by atoms with E-state index in [2.05, 4.69) is 4.57 Å². The smallest absolute Gasteiger partial charge is 0.119 e. The Hall–Kier alpha value is -1.48. The minimum Gasteiger partial charge on any atom is -0.376 e. The predicted molar refractivity (Wildman–Crippen MR) is 50.2 cm³/mol. The Morgan fingerprint density at radius 3 is 2.46 bits per heavy atom. The molecule has 3 nitrogen and oxygen atoms in total. The molecule has 0 amide bonds. The number of nitrogens with zero attached hydrogens (tertiary/aromatic N) is 2. The second-order valence-electron chi connectivity index (χ2n) is 3.03. The molecule has 0 saturated heterocycles. The summed E-state index contributed by atoms with van der Waals surface area (Å²) < 4.78 is 3.84. The summed E-state index contributed by atoms with van der Waals surface area (Å²) in [5.74, 6) is 0. The van der Waals surface area contributed by atoms with Gasteiger partial charge in [0.15, 0.2) is 0 Å². The summed E-state index contributed by atoms with van der Waals surface area (Å²) in [4.78, 5) is 0. The molecule has 0 fully saturated rings. The van der Waals surface area contributed by atoms with Crippen molar-refractivity contribution < 1.29 is 5.11 Å². The Labute approximate surface area is 76.9 Å². The molecule has 1 N–H and O–H groups in total. The molecule has 0 spiro atoms. The molecule has 0 aromatic carbocycles. The molecule has 2 rings (SSSR count). The van der Waals surface area contributed by atoms with E-state index >= 15 is 0 Å². The van der Waals surface area contributed by atoms with Crippen LogP contribution in [0.15, 0.2) is 43.0 Å². The van der Waals surface area contributed by atoms with Gasteiger partial charge >= 0.3 is 0 Å². The van der Waals surface area contributed by atoms with Crippen molar-refractivity contribution >= 4 is 0 Å². The van der Waals surface area contributed by atoms with Crippen molar-refractivity contribution in [2.75, 3.05) is 0 Å².